The number of nitrogens with one attached hydrogen (secondary N) is 1. The van der Waals surface area contributed by atoms with E-state index in [1.807, 2.05) is 6.07 Å². The fourth-order valence-electron chi connectivity index (χ4n) is 2.52. The van der Waals surface area contributed by atoms with Crippen LogP contribution in [0.25, 0.3) is 0 Å². The van der Waals surface area contributed by atoms with Gasteiger partial charge >= 0.3 is 0 Å². The monoisotopic (exact) mass is 291 g/mol. The predicted octanol–water partition coefficient (Wildman–Crippen LogP) is 4.31. The molecule has 0 amide bonds. The van der Waals surface area contributed by atoms with Crippen molar-refractivity contribution in [3.05, 3.63) is 11.9 Å². The second-order valence-corrected chi connectivity index (χ2v) is 6.97. The van der Waals surface area contributed by atoms with Crippen LogP contribution in [0.2, 0.25) is 0 Å². The van der Waals surface area contributed by atoms with Crippen molar-refractivity contribution in [3.63, 3.8) is 0 Å². The number of hydrogen-bond acceptors (Lipinski definition) is 4. The van der Waals surface area contributed by atoms with Gasteiger partial charge in [0.05, 0.1) is 0 Å². The average molecular weight is 291 g/mol. The van der Waals surface area contributed by atoms with Crippen molar-refractivity contribution in [3.8, 4) is 5.88 Å². The van der Waals surface area contributed by atoms with Gasteiger partial charge < -0.3 is 10.1 Å². The van der Waals surface area contributed by atoms with E-state index >= 15 is 0 Å². The fraction of sp³-hybridized carbons (Fsp3) is 0.765. The van der Waals surface area contributed by atoms with Crippen LogP contribution in [0.5, 0.6) is 5.88 Å². The Balaban J connectivity index is 2.17. The van der Waals surface area contributed by atoms with Crippen molar-refractivity contribution in [2.24, 2.45) is 0 Å². The summed E-state index contributed by atoms with van der Waals surface area (Å²) in [5, 5.41) is 3.35. The molecule has 0 atom stereocenters. The molecule has 4 heteroatoms. The summed E-state index contributed by atoms with van der Waals surface area (Å²) >= 11 is 0. The molecule has 1 aliphatic carbocycles. The van der Waals surface area contributed by atoms with Crippen LogP contribution in [0.1, 0.15) is 72.0 Å². The number of aromatic nitrogens is 2. The van der Waals surface area contributed by atoms with Crippen molar-refractivity contribution < 1.29 is 4.74 Å². The molecule has 1 fully saturated rings. The van der Waals surface area contributed by atoms with Gasteiger partial charge in [0.2, 0.25) is 5.88 Å². The summed E-state index contributed by atoms with van der Waals surface area (Å²) in [6.45, 7) is 9.48. The Morgan fingerprint density at radius 3 is 2.52 bits per heavy atom. The molecule has 2 rings (SSSR count). The number of anilines is 1. The standard InChI is InChI=1S/C17H29N3O/c1-5-11-18-14-12-15(20-16(19-14)17(2,3)4)21-13-9-7-6-8-10-13/h12-13H,5-11H2,1-4H3,(H,18,19,20). The van der Waals surface area contributed by atoms with Gasteiger partial charge in [-0.05, 0) is 32.1 Å². The quantitative estimate of drug-likeness (QED) is 0.878. The summed E-state index contributed by atoms with van der Waals surface area (Å²) in [4.78, 5) is 9.27. The van der Waals surface area contributed by atoms with Gasteiger partial charge in [-0.1, -0.05) is 34.1 Å². The van der Waals surface area contributed by atoms with Crippen LogP contribution in [0.4, 0.5) is 5.82 Å². The first kappa shape index (κ1) is 16.1. The normalized spacial score (nSPS) is 16.8. The van der Waals surface area contributed by atoms with Gasteiger partial charge in [0.15, 0.2) is 0 Å². The minimum absolute atomic E-state index is 0.0748. The van der Waals surface area contributed by atoms with Crippen molar-refractivity contribution in [1.29, 1.82) is 0 Å². The SMILES string of the molecule is CCCNc1cc(OC2CCCCC2)nc(C(C)(C)C)n1. The van der Waals surface area contributed by atoms with E-state index in [4.69, 9.17) is 4.74 Å². The van der Waals surface area contributed by atoms with Crippen LogP contribution >= 0.6 is 0 Å². The molecule has 1 heterocycles. The fourth-order valence-corrected chi connectivity index (χ4v) is 2.52. The topological polar surface area (TPSA) is 47.0 Å². The van der Waals surface area contributed by atoms with Gasteiger partial charge in [-0.25, -0.2) is 4.98 Å². The zero-order valence-corrected chi connectivity index (χ0v) is 13.9. The molecule has 0 spiro atoms. The lowest BCUT2D eigenvalue weighted by Crippen LogP contribution is -2.22. The number of hydrogen-bond donors (Lipinski definition) is 1. The van der Waals surface area contributed by atoms with E-state index in [-0.39, 0.29) is 5.41 Å². The van der Waals surface area contributed by atoms with Crippen molar-refractivity contribution in [2.45, 2.75) is 77.7 Å². The number of rotatable bonds is 5. The molecule has 1 N–H and O–H groups in total. The maximum absolute atomic E-state index is 6.12. The lowest BCUT2D eigenvalue weighted by Gasteiger charge is -2.24. The molecular weight excluding hydrogens is 262 g/mol. The van der Waals surface area contributed by atoms with Crippen LogP contribution in [-0.2, 0) is 5.41 Å². The van der Waals surface area contributed by atoms with Crippen molar-refractivity contribution >= 4 is 5.82 Å². The smallest absolute Gasteiger partial charge is 0.219 e. The van der Waals surface area contributed by atoms with Crippen LogP contribution in [-0.4, -0.2) is 22.6 Å². The molecule has 1 aromatic heterocycles. The molecule has 118 valence electrons. The van der Waals surface area contributed by atoms with E-state index in [1.54, 1.807) is 0 Å². The van der Waals surface area contributed by atoms with E-state index in [0.717, 1.165) is 43.3 Å². The second kappa shape index (κ2) is 7.10. The van der Waals surface area contributed by atoms with E-state index in [0.29, 0.717) is 6.10 Å². The minimum Gasteiger partial charge on any atom is -0.474 e. The van der Waals surface area contributed by atoms with Gasteiger partial charge in [-0.15, -0.1) is 0 Å². The van der Waals surface area contributed by atoms with Crippen LogP contribution in [0.3, 0.4) is 0 Å². The van der Waals surface area contributed by atoms with E-state index in [2.05, 4.69) is 43.0 Å². The molecule has 0 bridgehead atoms. The zero-order chi connectivity index (χ0) is 15.3. The molecule has 0 unspecified atom stereocenters. The Bertz CT molecular complexity index is 448. The first-order valence-electron chi connectivity index (χ1n) is 8.29. The van der Waals surface area contributed by atoms with Crippen LogP contribution < -0.4 is 10.1 Å². The highest BCUT2D eigenvalue weighted by atomic mass is 16.5. The third kappa shape index (κ3) is 4.87. The van der Waals surface area contributed by atoms with Gasteiger partial charge in [-0.3, -0.25) is 0 Å². The highest BCUT2D eigenvalue weighted by Gasteiger charge is 2.21. The molecule has 0 saturated heterocycles. The van der Waals surface area contributed by atoms with Gasteiger partial charge in [0.1, 0.15) is 17.7 Å². The Morgan fingerprint density at radius 1 is 1.19 bits per heavy atom. The molecule has 21 heavy (non-hydrogen) atoms. The van der Waals surface area contributed by atoms with E-state index in [1.165, 1.54) is 19.3 Å². The van der Waals surface area contributed by atoms with Crippen LogP contribution in [0.15, 0.2) is 6.07 Å². The molecule has 4 nitrogen and oxygen atoms in total. The highest BCUT2D eigenvalue weighted by molar-refractivity contribution is 5.39. The lowest BCUT2D eigenvalue weighted by atomic mass is 9.96. The third-order valence-electron chi connectivity index (χ3n) is 3.77. The summed E-state index contributed by atoms with van der Waals surface area (Å²) in [6, 6.07) is 1.94. The first-order chi connectivity index (χ1) is 9.99. The molecule has 1 saturated carbocycles. The summed E-state index contributed by atoms with van der Waals surface area (Å²) < 4.78 is 6.12. The van der Waals surface area contributed by atoms with E-state index < -0.39 is 0 Å². The van der Waals surface area contributed by atoms with Gasteiger partial charge in [-0.2, -0.15) is 4.98 Å². The first-order valence-corrected chi connectivity index (χ1v) is 8.29. The maximum Gasteiger partial charge on any atom is 0.219 e. The summed E-state index contributed by atoms with van der Waals surface area (Å²) in [7, 11) is 0. The number of ether oxygens (including phenoxy) is 1. The highest BCUT2D eigenvalue weighted by Crippen LogP contribution is 2.26. The Labute approximate surface area is 128 Å². The third-order valence-corrected chi connectivity index (χ3v) is 3.77. The van der Waals surface area contributed by atoms with Crippen molar-refractivity contribution in [2.75, 3.05) is 11.9 Å². The molecule has 0 radical (unpaired) electrons. The Morgan fingerprint density at radius 2 is 1.90 bits per heavy atom. The van der Waals surface area contributed by atoms with Crippen LogP contribution in [0, 0.1) is 0 Å². The molecular formula is C17H29N3O. The molecule has 0 aliphatic heterocycles. The van der Waals surface area contributed by atoms with Gasteiger partial charge in [0, 0.05) is 18.0 Å². The minimum atomic E-state index is -0.0748. The lowest BCUT2D eigenvalue weighted by molar-refractivity contribution is 0.147. The summed E-state index contributed by atoms with van der Waals surface area (Å²) in [6.07, 6.45) is 7.55. The molecule has 1 aromatic rings. The maximum atomic E-state index is 6.12. The molecule has 0 aromatic carbocycles. The Hall–Kier alpha value is -1.32. The average Bonchev–Trinajstić information content (AvgIpc) is 2.45. The summed E-state index contributed by atoms with van der Waals surface area (Å²) in [5.41, 5.74) is -0.0748. The summed E-state index contributed by atoms with van der Waals surface area (Å²) in [5.74, 6) is 2.44. The predicted molar refractivity (Wildman–Crippen MR) is 87.0 cm³/mol. The molecule has 1 aliphatic rings. The second-order valence-electron chi connectivity index (χ2n) is 6.97. The van der Waals surface area contributed by atoms with E-state index in [9.17, 15) is 0 Å². The van der Waals surface area contributed by atoms with Gasteiger partial charge in [0.25, 0.3) is 0 Å². The van der Waals surface area contributed by atoms with Crippen molar-refractivity contribution in [1.82, 2.24) is 9.97 Å². The number of nitrogens with zero attached hydrogens (tertiary/aromatic N) is 2. The largest absolute Gasteiger partial charge is 0.474 e. The Kier molecular flexibility index (Phi) is 5.43. The zero-order valence-electron chi connectivity index (χ0n) is 13.9.